The summed E-state index contributed by atoms with van der Waals surface area (Å²) in [5.41, 5.74) is 4.20. The fraction of sp³-hybridized carbons (Fsp3) is 0.429. The van der Waals surface area contributed by atoms with Crippen molar-refractivity contribution in [1.29, 1.82) is 0 Å². The quantitative estimate of drug-likeness (QED) is 0.739. The van der Waals surface area contributed by atoms with E-state index in [1.165, 1.54) is 18.7 Å². The standard InChI is InChI=1S/C21H26N4O4/c1-13-7-9-16(10-8-13)25-18-6-4-5-17(18)19(23-25)20(27)24(14(2)21(28)29)12-11-22-15(3)26/h7-10,14H,4-6,11-12H2,1-3H3,(H,22,26)(H,28,29). The first-order chi connectivity index (χ1) is 13.8. The van der Waals surface area contributed by atoms with Gasteiger partial charge in [-0.05, 0) is 45.2 Å². The minimum Gasteiger partial charge on any atom is -0.480 e. The van der Waals surface area contributed by atoms with E-state index in [-0.39, 0.29) is 19.0 Å². The van der Waals surface area contributed by atoms with Crippen molar-refractivity contribution >= 4 is 17.8 Å². The molecule has 0 saturated heterocycles. The Bertz CT molecular complexity index is 933. The third-order valence-corrected chi connectivity index (χ3v) is 5.22. The maximum absolute atomic E-state index is 13.3. The molecule has 0 aliphatic heterocycles. The van der Waals surface area contributed by atoms with Crippen LogP contribution in [0.3, 0.4) is 0 Å². The molecular weight excluding hydrogens is 372 g/mol. The fourth-order valence-electron chi connectivity index (χ4n) is 3.60. The number of nitrogens with one attached hydrogen (secondary N) is 1. The molecule has 2 amide bonds. The molecule has 0 fully saturated rings. The summed E-state index contributed by atoms with van der Waals surface area (Å²) < 4.78 is 1.80. The monoisotopic (exact) mass is 398 g/mol. The first-order valence-electron chi connectivity index (χ1n) is 9.75. The van der Waals surface area contributed by atoms with E-state index in [0.29, 0.717) is 5.69 Å². The molecule has 154 valence electrons. The van der Waals surface area contributed by atoms with Gasteiger partial charge in [-0.15, -0.1) is 0 Å². The SMILES string of the molecule is CC(=O)NCCN(C(=O)c1nn(-c2ccc(C)cc2)c2c1CCC2)C(C)C(=O)O. The van der Waals surface area contributed by atoms with E-state index in [9.17, 15) is 19.5 Å². The van der Waals surface area contributed by atoms with Gasteiger partial charge in [-0.3, -0.25) is 9.59 Å². The van der Waals surface area contributed by atoms with Crippen molar-refractivity contribution in [3.8, 4) is 5.69 Å². The van der Waals surface area contributed by atoms with Crippen molar-refractivity contribution in [2.75, 3.05) is 13.1 Å². The highest BCUT2D eigenvalue weighted by Crippen LogP contribution is 2.29. The van der Waals surface area contributed by atoms with E-state index in [2.05, 4.69) is 10.4 Å². The molecule has 0 radical (unpaired) electrons. The second kappa shape index (κ2) is 8.46. The van der Waals surface area contributed by atoms with Crippen LogP contribution in [0.15, 0.2) is 24.3 Å². The molecule has 0 saturated carbocycles. The summed E-state index contributed by atoms with van der Waals surface area (Å²) in [5, 5.41) is 16.6. The second-order valence-corrected chi connectivity index (χ2v) is 7.37. The largest absolute Gasteiger partial charge is 0.480 e. The van der Waals surface area contributed by atoms with Crippen molar-refractivity contribution in [2.24, 2.45) is 0 Å². The Labute approximate surface area is 169 Å². The number of rotatable bonds is 7. The van der Waals surface area contributed by atoms with E-state index >= 15 is 0 Å². The summed E-state index contributed by atoms with van der Waals surface area (Å²) in [5.74, 6) is -1.75. The van der Waals surface area contributed by atoms with E-state index in [1.807, 2.05) is 31.2 Å². The number of aliphatic carboxylic acids is 1. The van der Waals surface area contributed by atoms with Crippen LogP contribution in [0, 0.1) is 6.92 Å². The lowest BCUT2D eigenvalue weighted by Gasteiger charge is -2.26. The Kier molecular flexibility index (Phi) is 6.00. The van der Waals surface area contributed by atoms with Crippen molar-refractivity contribution in [3.63, 3.8) is 0 Å². The van der Waals surface area contributed by atoms with Crippen LogP contribution in [-0.2, 0) is 22.4 Å². The van der Waals surface area contributed by atoms with E-state index in [4.69, 9.17) is 0 Å². The molecule has 0 bridgehead atoms. The first kappa shape index (κ1) is 20.6. The van der Waals surface area contributed by atoms with Gasteiger partial charge in [0, 0.05) is 31.3 Å². The van der Waals surface area contributed by atoms with Crippen molar-refractivity contribution < 1.29 is 19.5 Å². The van der Waals surface area contributed by atoms with Crippen LogP contribution >= 0.6 is 0 Å². The number of carbonyl (C=O) groups excluding carboxylic acids is 2. The molecule has 1 aromatic heterocycles. The topological polar surface area (TPSA) is 105 Å². The van der Waals surface area contributed by atoms with Gasteiger partial charge in [-0.2, -0.15) is 5.10 Å². The number of aryl methyl sites for hydroxylation is 1. The fourth-order valence-corrected chi connectivity index (χ4v) is 3.60. The van der Waals surface area contributed by atoms with Gasteiger partial charge in [-0.25, -0.2) is 9.48 Å². The minimum absolute atomic E-state index is 0.0953. The van der Waals surface area contributed by atoms with Crippen LogP contribution in [0.5, 0.6) is 0 Å². The van der Waals surface area contributed by atoms with Crippen molar-refractivity contribution in [2.45, 2.75) is 46.1 Å². The van der Waals surface area contributed by atoms with Gasteiger partial charge in [0.1, 0.15) is 6.04 Å². The molecule has 3 rings (SSSR count). The number of benzene rings is 1. The average molecular weight is 398 g/mol. The number of hydrogen-bond acceptors (Lipinski definition) is 4. The molecule has 1 atom stereocenters. The summed E-state index contributed by atoms with van der Waals surface area (Å²) in [4.78, 5) is 37.3. The molecule has 8 heteroatoms. The van der Waals surface area contributed by atoms with Gasteiger partial charge in [0.05, 0.1) is 5.69 Å². The number of carbonyl (C=O) groups is 3. The number of fused-ring (bicyclic) bond motifs is 1. The predicted molar refractivity (Wildman–Crippen MR) is 107 cm³/mol. The van der Waals surface area contributed by atoms with Crippen LogP contribution in [0.2, 0.25) is 0 Å². The average Bonchev–Trinajstić information content (AvgIpc) is 3.27. The summed E-state index contributed by atoms with van der Waals surface area (Å²) >= 11 is 0. The Hall–Kier alpha value is -3.16. The molecular formula is C21H26N4O4. The van der Waals surface area contributed by atoms with Gasteiger partial charge in [0.15, 0.2) is 5.69 Å². The smallest absolute Gasteiger partial charge is 0.326 e. The second-order valence-electron chi connectivity index (χ2n) is 7.37. The minimum atomic E-state index is -1.10. The number of carboxylic acid groups (broad SMARTS) is 1. The lowest BCUT2D eigenvalue weighted by Crippen LogP contribution is -2.47. The van der Waals surface area contributed by atoms with Gasteiger partial charge in [-0.1, -0.05) is 17.7 Å². The number of nitrogens with zero attached hydrogens (tertiary/aromatic N) is 3. The van der Waals surface area contributed by atoms with Crippen LogP contribution in [0.1, 0.15) is 47.6 Å². The number of hydrogen-bond donors (Lipinski definition) is 2. The summed E-state index contributed by atoms with van der Waals surface area (Å²) in [6.45, 7) is 5.12. The van der Waals surface area contributed by atoms with E-state index in [0.717, 1.165) is 41.8 Å². The van der Waals surface area contributed by atoms with Crippen LogP contribution in [0.25, 0.3) is 5.69 Å². The number of carboxylic acids is 1. The summed E-state index contributed by atoms with van der Waals surface area (Å²) in [7, 11) is 0. The van der Waals surface area contributed by atoms with Gasteiger partial charge < -0.3 is 15.3 Å². The highest BCUT2D eigenvalue weighted by molar-refractivity contribution is 5.96. The molecule has 29 heavy (non-hydrogen) atoms. The molecule has 2 aromatic rings. The summed E-state index contributed by atoms with van der Waals surface area (Å²) in [6, 6.07) is 6.88. The third-order valence-electron chi connectivity index (χ3n) is 5.22. The number of amides is 2. The lowest BCUT2D eigenvalue weighted by atomic mass is 10.1. The van der Waals surface area contributed by atoms with Gasteiger partial charge in [0.2, 0.25) is 5.91 Å². The zero-order valence-electron chi connectivity index (χ0n) is 16.9. The normalized spacial score (nSPS) is 13.6. The maximum atomic E-state index is 13.3. The molecule has 8 nitrogen and oxygen atoms in total. The Balaban J connectivity index is 1.95. The van der Waals surface area contributed by atoms with Crippen LogP contribution in [-0.4, -0.2) is 56.7 Å². The van der Waals surface area contributed by atoms with Crippen LogP contribution in [0.4, 0.5) is 0 Å². The molecule has 1 aliphatic carbocycles. The molecule has 1 unspecified atom stereocenters. The van der Waals surface area contributed by atoms with Crippen molar-refractivity contribution in [3.05, 3.63) is 46.8 Å². The van der Waals surface area contributed by atoms with E-state index in [1.54, 1.807) is 4.68 Å². The molecule has 1 aliphatic rings. The highest BCUT2D eigenvalue weighted by Gasteiger charge is 2.33. The Morgan fingerprint density at radius 3 is 2.55 bits per heavy atom. The number of aromatic nitrogens is 2. The third kappa shape index (κ3) is 4.31. The predicted octanol–water partition coefficient (Wildman–Crippen LogP) is 1.72. The zero-order valence-corrected chi connectivity index (χ0v) is 16.9. The molecule has 2 N–H and O–H groups in total. The summed E-state index contributed by atoms with van der Waals surface area (Å²) in [6.07, 6.45) is 2.49. The van der Waals surface area contributed by atoms with Gasteiger partial charge >= 0.3 is 5.97 Å². The zero-order chi connectivity index (χ0) is 21.1. The Morgan fingerprint density at radius 1 is 1.24 bits per heavy atom. The molecule has 1 aromatic carbocycles. The lowest BCUT2D eigenvalue weighted by molar-refractivity contribution is -0.141. The molecule has 1 heterocycles. The van der Waals surface area contributed by atoms with Crippen molar-refractivity contribution in [1.82, 2.24) is 20.0 Å². The van der Waals surface area contributed by atoms with E-state index < -0.39 is 17.9 Å². The Morgan fingerprint density at radius 2 is 1.93 bits per heavy atom. The molecule has 0 spiro atoms. The first-order valence-corrected chi connectivity index (χ1v) is 9.75. The maximum Gasteiger partial charge on any atom is 0.326 e. The van der Waals surface area contributed by atoms with Crippen LogP contribution < -0.4 is 5.32 Å². The highest BCUT2D eigenvalue weighted by atomic mass is 16.4. The van der Waals surface area contributed by atoms with Gasteiger partial charge in [0.25, 0.3) is 5.91 Å².